The van der Waals surface area contributed by atoms with Crippen LogP contribution in [0.4, 0.5) is 0 Å². The van der Waals surface area contributed by atoms with Gasteiger partial charge in [-0.25, -0.2) is 0 Å². The van der Waals surface area contributed by atoms with Crippen molar-refractivity contribution in [3.05, 3.63) is 489 Å². The summed E-state index contributed by atoms with van der Waals surface area (Å²) in [5.74, 6) is 0. The first-order valence-electron chi connectivity index (χ1n) is 44.2. The number of hydrogen-bond donors (Lipinski definition) is 0. The van der Waals surface area contributed by atoms with Crippen molar-refractivity contribution in [3.8, 4) is 89.0 Å². The molecule has 0 heterocycles. The Hall–Kier alpha value is -15.6. The minimum Gasteiger partial charge on any atom is -0.0836 e. The summed E-state index contributed by atoms with van der Waals surface area (Å²) in [5.41, 5.74) is 28.5. The Labute approximate surface area is 737 Å². The molecule has 0 amide bonds. The summed E-state index contributed by atoms with van der Waals surface area (Å²) in [6.07, 6.45) is 9.25. The predicted octanol–water partition coefficient (Wildman–Crippen LogP) is 35.7. The molecule has 0 bridgehead atoms. The Morgan fingerprint density at radius 2 is 0.429 bits per heavy atom. The van der Waals surface area contributed by atoms with Crippen molar-refractivity contribution in [3.63, 3.8) is 0 Å². The number of benzene rings is 23. The highest BCUT2D eigenvalue weighted by atomic mass is 14.3. The van der Waals surface area contributed by atoms with E-state index in [1.54, 1.807) is 0 Å². The van der Waals surface area contributed by atoms with Gasteiger partial charge >= 0.3 is 0 Å². The van der Waals surface area contributed by atoms with Crippen molar-refractivity contribution >= 4 is 124 Å². The number of allylic oxidation sites excluding steroid dienone is 4. The highest BCUT2D eigenvalue weighted by Gasteiger charge is 2.24. The van der Waals surface area contributed by atoms with E-state index >= 15 is 0 Å². The van der Waals surface area contributed by atoms with Crippen LogP contribution in [0.25, 0.3) is 213 Å². The third-order valence-corrected chi connectivity index (χ3v) is 25.9. The molecular weight excluding hydrogens is 1510 g/mol. The largest absolute Gasteiger partial charge is 0.0836 e. The van der Waals surface area contributed by atoms with Crippen LogP contribution in [0.3, 0.4) is 0 Å². The fourth-order valence-electron chi connectivity index (χ4n) is 20.0. The molecule has 0 unspecified atom stereocenters. The minimum atomic E-state index is 1.11. The zero-order valence-corrected chi connectivity index (χ0v) is 71.3. The van der Waals surface area contributed by atoms with Gasteiger partial charge in [0.1, 0.15) is 0 Å². The molecule has 0 saturated heterocycles. The maximum Gasteiger partial charge on any atom is -0.00201 e. The van der Waals surface area contributed by atoms with Crippen molar-refractivity contribution in [1.82, 2.24) is 0 Å². The number of hydrogen-bond acceptors (Lipinski definition) is 0. The predicted molar refractivity (Wildman–Crippen MR) is 547 cm³/mol. The van der Waals surface area contributed by atoms with Crippen LogP contribution in [0.2, 0.25) is 0 Å². The van der Waals surface area contributed by atoms with Gasteiger partial charge in [0.2, 0.25) is 0 Å². The van der Waals surface area contributed by atoms with Gasteiger partial charge in [0.05, 0.1) is 0 Å². The molecule has 23 aromatic rings. The second-order valence-corrected chi connectivity index (χ2v) is 33.6. The fourth-order valence-corrected chi connectivity index (χ4v) is 20.0. The number of fused-ring (bicyclic) bond motifs is 11. The van der Waals surface area contributed by atoms with Crippen molar-refractivity contribution in [2.24, 2.45) is 0 Å². The van der Waals surface area contributed by atoms with Crippen LogP contribution in [-0.4, -0.2) is 0 Å². The van der Waals surface area contributed by atoms with E-state index in [1.165, 1.54) is 241 Å². The van der Waals surface area contributed by atoms with Crippen LogP contribution in [0, 0.1) is 27.7 Å². The van der Waals surface area contributed by atoms with Crippen molar-refractivity contribution in [1.29, 1.82) is 0 Å². The molecule has 0 fully saturated rings. The van der Waals surface area contributed by atoms with Gasteiger partial charge in [0.15, 0.2) is 0 Å². The fraction of sp³-hybridized carbons (Fsp3) is 0.0476. The van der Waals surface area contributed by atoms with Crippen LogP contribution in [0.5, 0.6) is 0 Å². The highest BCUT2D eigenvalue weighted by molar-refractivity contribution is 6.27. The summed E-state index contributed by atoms with van der Waals surface area (Å²) in [7, 11) is 0. The standard InChI is InChI=1S/C33H24.C31H24.2C31H22/c1-23-15-17-24(18-16-23)25-19-21-27(22-20-25)33-30-13-7-5-11-28(30)32(26-9-3-2-4-10-26)29-12-6-8-14-31(29)33;1-21-11-9-19-24-23(21)18-10-20-25(24)31-28-16-7-5-14-26(28)30(22-12-3-2-4-13-22)27-15-6-8-17-29(27)31;1-21-15-16-24-20-25(18-17-23(24)19-21)31-28-13-7-5-11-26(28)30(22-9-3-2-4-10-22)27-12-6-8-14-29(27)31;1-21-19-20-29(24-14-6-5-13-23(21)24)31-27-17-9-7-15-25(27)30(22-11-3-2-4-12-22)26-16-8-10-18-28(26)31/h2-22H,1H3;3,5-20H,2,4H2,1H3;2*2-20H,1H3. The van der Waals surface area contributed by atoms with E-state index in [0.717, 1.165) is 12.8 Å². The van der Waals surface area contributed by atoms with Crippen LogP contribution in [-0.2, 0) is 0 Å². The number of rotatable bonds is 9. The molecule has 0 saturated carbocycles. The van der Waals surface area contributed by atoms with E-state index in [9.17, 15) is 0 Å². The summed E-state index contributed by atoms with van der Waals surface area (Å²) in [6, 6.07) is 161. The molecule has 0 N–H and O–H groups in total. The summed E-state index contributed by atoms with van der Waals surface area (Å²) in [5, 5.41) is 28.7. The lowest BCUT2D eigenvalue weighted by Gasteiger charge is -2.20. The third kappa shape index (κ3) is 14.4. The SMILES string of the molecule is Cc1ccc(-c2c3ccccc3c(-c3ccccc3)c3ccccc23)c2ccccc12.Cc1ccc(-c2ccc(-c3c4ccccc4c(-c4ccccc4)c4ccccc34)cc2)cc1.Cc1ccc2cc(-c3c4ccccc4c(-c4ccccc4)c4ccccc34)ccc2c1.Cc1cccc2c(-c3c4ccccc4c(C4=CCCC=C4)c4ccccc34)cccc12. The lowest BCUT2D eigenvalue weighted by atomic mass is 9.83. The quantitative estimate of drug-likeness (QED) is 0.126. The Balaban J connectivity index is 0.000000103. The van der Waals surface area contributed by atoms with Gasteiger partial charge in [-0.2, -0.15) is 0 Å². The Bertz CT molecular complexity index is 7960. The molecular formula is C126H92. The Morgan fingerprint density at radius 3 is 0.825 bits per heavy atom. The van der Waals surface area contributed by atoms with Gasteiger partial charge in [-0.3, -0.25) is 0 Å². The first-order valence-corrected chi connectivity index (χ1v) is 44.2. The summed E-state index contributed by atoms with van der Waals surface area (Å²) < 4.78 is 0. The van der Waals surface area contributed by atoms with Crippen molar-refractivity contribution in [2.75, 3.05) is 0 Å². The molecule has 23 aromatic carbocycles. The van der Waals surface area contributed by atoms with Gasteiger partial charge in [-0.1, -0.05) is 466 Å². The van der Waals surface area contributed by atoms with Crippen LogP contribution in [0.15, 0.2) is 461 Å². The molecule has 0 atom stereocenters. The van der Waals surface area contributed by atoms with E-state index in [4.69, 9.17) is 0 Å². The molecule has 0 aromatic heterocycles. The van der Waals surface area contributed by atoms with Gasteiger partial charge < -0.3 is 0 Å². The normalized spacial score (nSPS) is 11.9. The summed E-state index contributed by atoms with van der Waals surface area (Å²) >= 11 is 0. The van der Waals surface area contributed by atoms with Crippen LogP contribution in [0.1, 0.15) is 40.7 Å². The highest BCUT2D eigenvalue weighted by Crippen LogP contribution is 2.51. The van der Waals surface area contributed by atoms with Crippen molar-refractivity contribution in [2.45, 2.75) is 40.5 Å². The van der Waals surface area contributed by atoms with Gasteiger partial charge in [0.25, 0.3) is 0 Å². The molecule has 0 heteroatoms. The maximum absolute atomic E-state index is 2.40. The monoisotopic (exact) mass is 1600 g/mol. The second-order valence-electron chi connectivity index (χ2n) is 33.6. The summed E-state index contributed by atoms with van der Waals surface area (Å²) in [6.45, 7) is 8.67. The Morgan fingerprint density at radius 1 is 0.159 bits per heavy atom. The minimum absolute atomic E-state index is 1.11. The maximum atomic E-state index is 2.40. The first kappa shape index (κ1) is 77.7. The Kier molecular flexibility index (Phi) is 21.0. The van der Waals surface area contributed by atoms with Crippen LogP contribution >= 0.6 is 0 Å². The third-order valence-electron chi connectivity index (χ3n) is 25.9. The molecule has 0 radical (unpaired) electrons. The average Bonchev–Trinajstić information content (AvgIpc) is 0.754. The van der Waals surface area contributed by atoms with Gasteiger partial charge in [-0.05, 0) is 276 Å². The molecule has 596 valence electrons. The zero-order valence-electron chi connectivity index (χ0n) is 71.3. The van der Waals surface area contributed by atoms with E-state index in [1.807, 2.05) is 0 Å². The number of aryl methyl sites for hydroxylation is 4. The van der Waals surface area contributed by atoms with E-state index in [0.29, 0.717) is 0 Å². The smallest absolute Gasteiger partial charge is 0.00201 e. The van der Waals surface area contributed by atoms with E-state index in [2.05, 4.69) is 489 Å². The molecule has 0 spiro atoms. The molecule has 0 aliphatic heterocycles. The topological polar surface area (TPSA) is 0 Å². The lowest BCUT2D eigenvalue weighted by molar-refractivity contribution is 1.04. The van der Waals surface area contributed by atoms with Gasteiger partial charge in [-0.15, -0.1) is 0 Å². The van der Waals surface area contributed by atoms with E-state index in [-0.39, 0.29) is 0 Å². The first-order chi connectivity index (χ1) is 62.2. The second kappa shape index (κ2) is 34.0. The van der Waals surface area contributed by atoms with E-state index < -0.39 is 0 Å². The summed E-state index contributed by atoms with van der Waals surface area (Å²) in [4.78, 5) is 0. The van der Waals surface area contributed by atoms with Crippen LogP contribution < -0.4 is 0 Å². The molecule has 1 aliphatic carbocycles. The molecule has 24 rings (SSSR count). The van der Waals surface area contributed by atoms with Crippen molar-refractivity contribution < 1.29 is 0 Å². The average molecular weight is 1610 g/mol. The molecule has 0 nitrogen and oxygen atoms in total. The molecule has 1 aliphatic rings. The zero-order chi connectivity index (χ0) is 84.6. The molecule has 126 heavy (non-hydrogen) atoms. The van der Waals surface area contributed by atoms with Gasteiger partial charge in [0, 0.05) is 0 Å². The lowest BCUT2D eigenvalue weighted by Crippen LogP contribution is -1.94.